The Balaban J connectivity index is 2.28. The van der Waals surface area contributed by atoms with E-state index in [9.17, 15) is 9.59 Å². The summed E-state index contributed by atoms with van der Waals surface area (Å²) in [7, 11) is 3.06. The second-order valence-electron chi connectivity index (χ2n) is 7.13. The van der Waals surface area contributed by atoms with E-state index >= 15 is 0 Å². The molecule has 0 radical (unpaired) electrons. The molecule has 0 spiro atoms. The summed E-state index contributed by atoms with van der Waals surface area (Å²) in [6.07, 6.45) is -0.995. The Hall–Kier alpha value is -3.48. The van der Waals surface area contributed by atoms with E-state index in [1.165, 1.54) is 21.1 Å². The zero-order chi connectivity index (χ0) is 22.7. The van der Waals surface area contributed by atoms with E-state index in [-0.39, 0.29) is 23.5 Å². The van der Waals surface area contributed by atoms with Gasteiger partial charge < -0.3 is 23.4 Å². The van der Waals surface area contributed by atoms with Crippen LogP contribution >= 0.6 is 0 Å². The smallest absolute Gasteiger partial charge is 0.347 e. The molecule has 7 nitrogen and oxygen atoms in total. The Morgan fingerprint density at radius 3 is 2.42 bits per heavy atom. The van der Waals surface area contributed by atoms with Gasteiger partial charge in [0.1, 0.15) is 5.58 Å². The summed E-state index contributed by atoms with van der Waals surface area (Å²) in [5, 5.41) is 0.382. The van der Waals surface area contributed by atoms with E-state index in [0.717, 1.165) is 11.1 Å². The highest BCUT2D eigenvalue weighted by Crippen LogP contribution is 2.37. The van der Waals surface area contributed by atoms with Crippen molar-refractivity contribution in [3.8, 4) is 28.6 Å². The van der Waals surface area contributed by atoms with Crippen LogP contribution in [0.4, 0.5) is 0 Å². The third-order valence-electron chi connectivity index (χ3n) is 4.84. The van der Waals surface area contributed by atoms with E-state index in [0.29, 0.717) is 28.0 Å². The minimum absolute atomic E-state index is 0.0646. The summed E-state index contributed by atoms with van der Waals surface area (Å²) in [5.74, 6) is 0.559. The Labute approximate surface area is 180 Å². The summed E-state index contributed by atoms with van der Waals surface area (Å²) in [6, 6.07) is 8.81. The van der Waals surface area contributed by atoms with Crippen LogP contribution in [0, 0.1) is 13.8 Å². The molecule has 0 aliphatic carbocycles. The summed E-state index contributed by atoms with van der Waals surface area (Å²) in [5.41, 5.74) is 2.37. The lowest BCUT2D eigenvalue weighted by molar-refractivity contribution is -0.150. The molecule has 0 saturated carbocycles. The van der Waals surface area contributed by atoms with Crippen molar-refractivity contribution >= 4 is 16.9 Å². The lowest BCUT2D eigenvalue weighted by Gasteiger charge is -2.17. The summed E-state index contributed by atoms with van der Waals surface area (Å²) < 4.78 is 27.7. The van der Waals surface area contributed by atoms with Crippen molar-refractivity contribution in [2.24, 2.45) is 0 Å². The molecule has 0 amide bonds. The van der Waals surface area contributed by atoms with Gasteiger partial charge in [-0.1, -0.05) is 6.07 Å². The number of esters is 1. The molecule has 3 rings (SSSR count). The van der Waals surface area contributed by atoms with Gasteiger partial charge in [0.05, 0.1) is 26.2 Å². The zero-order valence-corrected chi connectivity index (χ0v) is 18.5. The molecule has 0 bridgehead atoms. The lowest BCUT2D eigenvalue weighted by Crippen LogP contribution is -2.28. The summed E-state index contributed by atoms with van der Waals surface area (Å²) in [4.78, 5) is 25.6. The van der Waals surface area contributed by atoms with Gasteiger partial charge in [-0.15, -0.1) is 0 Å². The van der Waals surface area contributed by atoms with Crippen LogP contribution in [-0.4, -0.2) is 32.9 Å². The van der Waals surface area contributed by atoms with Gasteiger partial charge in [-0.25, -0.2) is 4.79 Å². The number of rotatable bonds is 7. The molecule has 0 fully saturated rings. The first-order valence-corrected chi connectivity index (χ1v) is 9.94. The van der Waals surface area contributed by atoms with Crippen LogP contribution < -0.4 is 19.6 Å². The fourth-order valence-electron chi connectivity index (χ4n) is 3.39. The largest absolute Gasteiger partial charge is 0.493 e. The maximum absolute atomic E-state index is 13.4. The van der Waals surface area contributed by atoms with Gasteiger partial charge in [0.2, 0.25) is 11.2 Å². The Bertz CT molecular complexity index is 1180. The Kier molecular flexibility index (Phi) is 6.53. The van der Waals surface area contributed by atoms with Crippen LogP contribution in [0.5, 0.6) is 17.2 Å². The molecule has 3 aromatic rings. The molecule has 1 aromatic heterocycles. The third-order valence-corrected chi connectivity index (χ3v) is 4.84. The van der Waals surface area contributed by atoms with Crippen molar-refractivity contribution in [2.75, 3.05) is 20.8 Å². The van der Waals surface area contributed by atoms with Crippen LogP contribution in [0.3, 0.4) is 0 Å². The minimum Gasteiger partial charge on any atom is -0.493 e. The number of carbonyl (C=O) groups excluding carboxylic acids is 1. The maximum atomic E-state index is 13.4. The number of fused-ring (bicyclic) bond motifs is 1. The second-order valence-corrected chi connectivity index (χ2v) is 7.13. The van der Waals surface area contributed by atoms with Crippen molar-refractivity contribution < 1.29 is 28.2 Å². The molecular formula is C24H26O7. The highest BCUT2D eigenvalue weighted by molar-refractivity contribution is 5.85. The minimum atomic E-state index is -0.995. The number of carbonyl (C=O) groups is 1. The van der Waals surface area contributed by atoms with Gasteiger partial charge in [-0.3, -0.25) is 4.79 Å². The van der Waals surface area contributed by atoms with E-state index in [1.54, 1.807) is 31.2 Å². The molecule has 0 aliphatic heterocycles. The van der Waals surface area contributed by atoms with Gasteiger partial charge in [-0.2, -0.15) is 0 Å². The van der Waals surface area contributed by atoms with Gasteiger partial charge in [0, 0.05) is 5.56 Å². The van der Waals surface area contributed by atoms with Crippen molar-refractivity contribution in [3.05, 3.63) is 51.7 Å². The Morgan fingerprint density at radius 2 is 1.77 bits per heavy atom. The van der Waals surface area contributed by atoms with E-state index < -0.39 is 12.1 Å². The van der Waals surface area contributed by atoms with Crippen LogP contribution in [0.15, 0.2) is 39.5 Å². The first-order valence-electron chi connectivity index (χ1n) is 9.94. The van der Waals surface area contributed by atoms with Crippen LogP contribution in [0.25, 0.3) is 22.3 Å². The van der Waals surface area contributed by atoms with Gasteiger partial charge in [0.25, 0.3) is 0 Å². The number of aryl methyl sites for hydroxylation is 2. The third kappa shape index (κ3) is 4.35. The van der Waals surface area contributed by atoms with Crippen molar-refractivity contribution in [3.63, 3.8) is 0 Å². The molecule has 1 atom stereocenters. The topological polar surface area (TPSA) is 84.2 Å². The average molecular weight is 426 g/mol. The first-order chi connectivity index (χ1) is 14.8. The van der Waals surface area contributed by atoms with Crippen LogP contribution in [0.2, 0.25) is 0 Å². The van der Waals surface area contributed by atoms with E-state index in [4.69, 9.17) is 23.4 Å². The van der Waals surface area contributed by atoms with Gasteiger partial charge in [-0.05, 0) is 63.1 Å². The van der Waals surface area contributed by atoms with Gasteiger partial charge in [0.15, 0.2) is 23.4 Å². The highest BCUT2D eigenvalue weighted by Gasteiger charge is 2.25. The van der Waals surface area contributed by atoms with Crippen LogP contribution in [0.1, 0.15) is 25.0 Å². The fraction of sp³-hybridized carbons (Fsp3) is 0.333. The quantitative estimate of drug-likeness (QED) is 0.517. The molecule has 31 heavy (non-hydrogen) atoms. The predicted octanol–water partition coefficient (Wildman–Crippen LogP) is 4.42. The fourth-order valence-corrected chi connectivity index (χ4v) is 3.39. The SMILES string of the molecule is CCOC(=O)[C@H](C)Oc1c(-c2ccc(OC)c(OC)c2)oc2c(C)cc(C)cc2c1=O. The molecule has 1 heterocycles. The van der Waals surface area contributed by atoms with Crippen molar-refractivity contribution in [1.82, 2.24) is 0 Å². The lowest BCUT2D eigenvalue weighted by atomic mass is 10.0. The standard InChI is InChI=1S/C24H26O7/c1-7-29-24(26)15(4)30-23-20(25)17-11-13(2)10-14(3)21(17)31-22(23)16-8-9-18(27-5)19(12-16)28-6/h8-12,15H,7H2,1-6H3/t15-/m0/s1. The monoisotopic (exact) mass is 426 g/mol. The molecule has 7 heteroatoms. The summed E-state index contributed by atoms with van der Waals surface area (Å²) >= 11 is 0. The molecule has 164 valence electrons. The highest BCUT2D eigenvalue weighted by atomic mass is 16.6. The maximum Gasteiger partial charge on any atom is 0.347 e. The number of methoxy groups -OCH3 is 2. The van der Waals surface area contributed by atoms with E-state index in [1.807, 2.05) is 19.9 Å². The normalized spacial score (nSPS) is 11.8. The molecule has 2 aromatic carbocycles. The summed E-state index contributed by atoms with van der Waals surface area (Å²) in [6.45, 7) is 7.21. The Morgan fingerprint density at radius 1 is 1.06 bits per heavy atom. The van der Waals surface area contributed by atoms with Crippen molar-refractivity contribution in [2.45, 2.75) is 33.8 Å². The second kappa shape index (κ2) is 9.12. The van der Waals surface area contributed by atoms with Gasteiger partial charge >= 0.3 is 5.97 Å². The predicted molar refractivity (Wildman–Crippen MR) is 117 cm³/mol. The molecule has 0 N–H and O–H groups in total. The van der Waals surface area contributed by atoms with Crippen molar-refractivity contribution in [1.29, 1.82) is 0 Å². The molecule has 0 unspecified atom stereocenters. The number of hydrogen-bond acceptors (Lipinski definition) is 7. The number of ether oxygens (including phenoxy) is 4. The first kappa shape index (κ1) is 22.2. The zero-order valence-electron chi connectivity index (χ0n) is 18.5. The van der Waals surface area contributed by atoms with E-state index in [2.05, 4.69) is 0 Å². The molecule has 0 saturated heterocycles. The number of benzene rings is 2. The van der Waals surface area contributed by atoms with Crippen LogP contribution in [-0.2, 0) is 9.53 Å². The average Bonchev–Trinajstić information content (AvgIpc) is 2.75. The number of hydrogen-bond donors (Lipinski definition) is 0. The molecule has 0 aliphatic rings. The molecular weight excluding hydrogens is 400 g/mol.